The predicted octanol–water partition coefficient (Wildman–Crippen LogP) is 2.19. The molecule has 0 aliphatic carbocycles. The maximum Gasteiger partial charge on any atom is 0.225 e. The quantitative estimate of drug-likeness (QED) is 0.773. The summed E-state index contributed by atoms with van der Waals surface area (Å²) in [6.45, 7) is 7.34. The van der Waals surface area contributed by atoms with E-state index >= 15 is 0 Å². The van der Waals surface area contributed by atoms with Crippen molar-refractivity contribution in [2.45, 2.75) is 45.9 Å². The van der Waals surface area contributed by atoms with Gasteiger partial charge in [0.2, 0.25) is 5.95 Å². The summed E-state index contributed by atoms with van der Waals surface area (Å²) >= 11 is 0. The lowest BCUT2D eigenvalue weighted by atomic mass is 9.96. The van der Waals surface area contributed by atoms with Crippen LogP contribution < -0.4 is 10.2 Å². The molecule has 2 heterocycles. The molecule has 6 heteroatoms. The van der Waals surface area contributed by atoms with Crippen LogP contribution >= 0.6 is 0 Å². The molecule has 1 aliphatic rings. The zero-order chi connectivity index (χ0) is 18.0. The SMILES string of the molecule is Cc1cc(N2CCc3cc([C@H](C)O)ccc3C2)nc(N[C@H](C)CO)n1. The summed E-state index contributed by atoms with van der Waals surface area (Å²) in [4.78, 5) is 11.3. The average molecular weight is 342 g/mol. The number of nitrogens with one attached hydrogen (secondary N) is 1. The van der Waals surface area contributed by atoms with Gasteiger partial charge in [-0.3, -0.25) is 0 Å². The Bertz CT molecular complexity index is 748. The smallest absolute Gasteiger partial charge is 0.225 e. The molecule has 0 bridgehead atoms. The fraction of sp³-hybridized carbons (Fsp3) is 0.474. The molecule has 3 rings (SSSR count). The van der Waals surface area contributed by atoms with Crippen LogP contribution in [0.3, 0.4) is 0 Å². The van der Waals surface area contributed by atoms with Crippen LogP contribution in [0.1, 0.15) is 42.3 Å². The van der Waals surface area contributed by atoms with Gasteiger partial charge in [-0.1, -0.05) is 18.2 Å². The lowest BCUT2D eigenvalue weighted by Gasteiger charge is -2.30. The molecular formula is C19H26N4O2. The first-order valence-electron chi connectivity index (χ1n) is 8.74. The number of hydrogen-bond acceptors (Lipinski definition) is 6. The van der Waals surface area contributed by atoms with Crippen LogP contribution in [0, 0.1) is 6.92 Å². The van der Waals surface area contributed by atoms with Crippen LogP contribution in [0.4, 0.5) is 11.8 Å². The highest BCUT2D eigenvalue weighted by Gasteiger charge is 2.19. The summed E-state index contributed by atoms with van der Waals surface area (Å²) in [5, 5.41) is 22.1. The van der Waals surface area contributed by atoms with E-state index in [1.165, 1.54) is 11.1 Å². The zero-order valence-electron chi connectivity index (χ0n) is 15.0. The highest BCUT2D eigenvalue weighted by atomic mass is 16.3. The number of aromatic nitrogens is 2. The molecule has 1 aliphatic heterocycles. The van der Waals surface area contributed by atoms with E-state index in [2.05, 4.69) is 32.3 Å². The Morgan fingerprint density at radius 3 is 2.72 bits per heavy atom. The van der Waals surface area contributed by atoms with Crippen LogP contribution in [-0.4, -0.2) is 39.4 Å². The largest absolute Gasteiger partial charge is 0.394 e. The van der Waals surface area contributed by atoms with E-state index < -0.39 is 6.10 Å². The second-order valence-corrected chi connectivity index (χ2v) is 6.79. The third-order valence-corrected chi connectivity index (χ3v) is 4.54. The van der Waals surface area contributed by atoms with Gasteiger partial charge in [-0.05, 0) is 43.9 Å². The lowest BCUT2D eigenvalue weighted by Crippen LogP contribution is -2.31. The Morgan fingerprint density at radius 1 is 1.20 bits per heavy atom. The number of aryl methyl sites for hydroxylation is 1. The van der Waals surface area contributed by atoms with Crippen LogP contribution in [0.2, 0.25) is 0 Å². The third kappa shape index (κ3) is 4.08. The molecule has 1 aromatic carbocycles. The van der Waals surface area contributed by atoms with Gasteiger partial charge in [0.25, 0.3) is 0 Å². The number of aliphatic hydroxyl groups excluding tert-OH is 2. The van der Waals surface area contributed by atoms with Crippen molar-refractivity contribution in [3.63, 3.8) is 0 Å². The van der Waals surface area contributed by atoms with Crippen molar-refractivity contribution >= 4 is 11.8 Å². The van der Waals surface area contributed by atoms with Gasteiger partial charge in [0.1, 0.15) is 5.82 Å². The molecule has 134 valence electrons. The molecule has 0 amide bonds. The fourth-order valence-electron chi connectivity index (χ4n) is 3.07. The van der Waals surface area contributed by atoms with Gasteiger partial charge >= 0.3 is 0 Å². The maximum atomic E-state index is 9.76. The Kier molecular flexibility index (Phi) is 5.20. The normalized spacial score (nSPS) is 16.3. The Hall–Kier alpha value is -2.18. The predicted molar refractivity (Wildman–Crippen MR) is 98.8 cm³/mol. The van der Waals surface area contributed by atoms with E-state index in [1.807, 2.05) is 26.0 Å². The lowest BCUT2D eigenvalue weighted by molar-refractivity contribution is 0.199. The minimum Gasteiger partial charge on any atom is -0.394 e. The summed E-state index contributed by atoms with van der Waals surface area (Å²) < 4.78 is 0. The zero-order valence-corrected chi connectivity index (χ0v) is 15.0. The number of nitrogens with zero attached hydrogens (tertiary/aromatic N) is 3. The molecule has 0 radical (unpaired) electrons. The Morgan fingerprint density at radius 2 is 2.00 bits per heavy atom. The van der Waals surface area contributed by atoms with Gasteiger partial charge < -0.3 is 20.4 Å². The first-order chi connectivity index (χ1) is 12.0. The van der Waals surface area contributed by atoms with E-state index in [4.69, 9.17) is 0 Å². The van der Waals surface area contributed by atoms with Crippen molar-refractivity contribution in [1.82, 2.24) is 9.97 Å². The van der Waals surface area contributed by atoms with Gasteiger partial charge in [-0.25, -0.2) is 4.98 Å². The standard InChI is InChI=1S/C19H26N4O2/c1-12-8-18(22-19(20-12)21-13(2)11-24)23-7-6-16-9-15(14(3)25)4-5-17(16)10-23/h4-5,8-9,13-14,24-25H,6-7,10-11H2,1-3H3,(H,20,21,22)/t13-,14+/m1/s1. The minimum atomic E-state index is -0.435. The number of fused-ring (bicyclic) bond motifs is 1. The van der Waals surface area contributed by atoms with Crippen molar-refractivity contribution in [2.24, 2.45) is 0 Å². The second-order valence-electron chi connectivity index (χ2n) is 6.79. The van der Waals surface area contributed by atoms with Gasteiger partial charge in [0.15, 0.2) is 0 Å². The molecule has 0 saturated heterocycles. The molecule has 1 aromatic heterocycles. The average Bonchev–Trinajstić information content (AvgIpc) is 2.60. The topological polar surface area (TPSA) is 81.5 Å². The van der Waals surface area contributed by atoms with Crippen molar-refractivity contribution in [2.75, 3.05) is 23.4 Å². The number of hydrogen-bond donors (Lipinski definition) is 3. The molecule has 2 aromatic rings. The van der Waals surface area contributed by atoms with E-state index in [1.54, 1.807) is 6.92 Å². The molecule has 25 heavy (non-hydrogen) atoms. The number of rotatable bonds is 5. The van der Waals surface area contributed by atoms with E-state index in [9.17, 15) is 10.2 Å². The van der Waals surface area contributed by atoms with Gasteiger partial charge in [-0.15, -0.1) is 0 Å². The molecule has 3 N–H and O–H groups in total. The van der Waals surface area contributed by atoms with Crippen molar-refractivity contribution in [3.05, 3.63) is 46.6 Å². The maximum absolute atomic E-state index is 9.76. The van der Waals surface area contributed by atoms with Gasteiger partial charge in [0.05, 0.1) is 12.7 Å². The Labute approximate surface area is 148 Å². The summed E-state index contributed by atoms with van der Waals surface area (Å²) in [6, 6.07) is 8.11. The van der Waals surface area contributed by atoms with Crippen LogP contribution in [-0.2, 0) is 13.0 Å². The first-order valence-corrected chi connectivity index (χ1v) is 8.74. The summed E-state index contributed by atoms with van der Waals surface area (Å²) in [6.07, 6.45) is 0.490. The number of benzene rings is 1. The molecule has 6 nitrogen and oxygen atoms in total. The minimum absolute atomic E-state index is 0.0370. The van der Waals surface area contributed by atoms with Crippen LogP contribution in [0.5, 0.6) is 0 Å². The summed E-state index contributed by atoms with van der Waals surface area (Å²) in [5.74, 6) is 1.44. The highest BCUT2D eigenvalue weighted by Crippen LogP contribution is 2.26. The third-order valence-electron chi connectivity index (χ3n) is 4.54. The van der Waals surface area contributed by atoms with Gasteiger partial charge in [-0.2, -0.15) is 4.98 Å². The molecule has 2 atom stereocenters. The molecule has 0 saturated carbocycles. The second kappa shape index (κ2) is 7.37. The van der Waals surface area contributed by atoms with E-state index in [0.29, 0.717) is 5.95 Å². The van der Waals surface area contributed by atoms with Crippen LogP contribution in [0.15, 0.2) is 24.3 Å². The molecule has 0 spiro atoms. The van der Waals surface area contributed by atoms with E-state index in [-0.39, 0.29) is 12.6 Å². The summed E-state index contributed by atoms with van der Waals surface area (Å²) in [5.41, 5.74) is 4.43. The molecule has 0 fully saturated rings. The monoisotopic (exact) mass is 342 g/mol. The summed E-state index contributed by atoms with van der Waals surface area (Å²) in [7, 11) is 0. The molecular weight excluding hydrogens is 316 g/mol. The van der Waals surface area contributed by atoms with E-state index in [0.717, 1.165) is 36.6 Å². The van der Waals surface area contributed by atoms with Crippen molar-refractivity contribution < 1.29 is 10.2 Å². The molecule has 0 unspecified atom stereocenters. The van der Waals surface area contributed by atoms with Crippen molar-refractivity contribution in [3.8, 4) is 0 Å². The number of aliphatic hydroxyl groups is 2. The Balaban J connectivity index is 1.81. The fourth-order valence-corrected chi connectivity index (χ4v) is 3.07. The van der Waals surface area contributed by atoms with Gasteiger partial charge in [0, 0.05) is 30.9 Å². The number of anilines is 2. The van der Waals surface area contributed by atoms with Crippen LogP contribution in [0.25, 0.3) is 0 Å². The highest BCUT2D eigenvalue weighted by molar-refractivity contribution is 5.48. The first kappa shape index (κ1) is 17.6. The van der Waals surface area contributed by atoms with Crippen molar-refractivity contribution in [1.29, 1.82) is 0 Å².